The average molecular weight is 285 g/mol. The van der Waals surface area contributed by atoms with Crippen LogP contribution in [0.1, 0.15) is 39.5 Å². The van der Waals surface area contributed by atoms with Gasteiger partial charge in [-0.1, -0.05) is 26.7 Å². The van der Waals surface area contributed by atoms with Crippen LogP contribution in [-0.2, 0) is 9.47 Å². The molecule has 1 heterocycles. The Morgan fingerprint density at radius 2 is 2.15 bits per heavy atom. The van der Waals surface area contributed by atoms with E-state index in [9.17, 15) is 0 Å². The summed E-state index contributed by atoms with van der Waals surface area (Å²) in [4.78, 5) is 4.22. The van der Waals surface area contributed by atoms with Gasteiger partial charge in [-0.2, -0.15) is 0 Å². The minimum Gasteiger partial charge on any atom is -0.377 e. The van der Waals surface area contributed by atoms with Crippen molar-refractivity contribution in [2.24, 2.45) is 10.9 Å². The molecule has 0 aliphatic carbocycles. The van der Waals surface area contributed by atoms with Crippen molar-refractivity contribution in [3.8, 4) is 0 Å². The lowest BCUT2D eigenvalue weighted by atomic mass is 10.0. The molecule has 20 heavy (non-hydrogen) atoms. The molecule has 1 atom stereocenters. The second kappa shape index (κ2) is 10.9. The Labute approximate surface area is 123 Å². The molecule has 1 aliphatic rings. The summed E-state index contributed by atoms with van der Waals surface area (Å²) >= 11 is 0. The van der Waals surface area contributed by atoms with Crippen LogP contribution in [0.5, 0.6) is 0 Å². The smallest absolute Gasteiger partial charge is 0.191 e. The molecular formula is C15H31N3O2. The maximum Gasteiger partial charge on any atom is 0.191 e. The molecule has 1 saturated heterocycles. The highest BCUT2D eigenvalue weighted by molar-refractivity contribution is 5.79. The molecule has 5 nitrogen and oxygen atoms in total. The lowest BCUT2D eigenvalue weighted by Crippen LogP contribution is -2.41. The van der Waals surface area contributed by atoms with Crippen LogP contribution in [0.15, 0.2) is 4.99 Å². The summed E-state index contributed by atoms with van der Waals surface area (Å²) in [7, 11) is 1.80. The number of guanidine groups is 1. The molecule has 118 valence electrons. The van der Waals surface area contributed by atoms with Crippen LogP contribution in [0.2, 0.25) is 0 Å². The van der Waals surface area contributed by atoms with Crippen molar-refractivity contribution < 1.29 is 9.47 Å². The summed E-state index contributed by atoms with van der Waals surface area (Å²) in [5.74, 6) is 1.57. The second-order valence-corrected chi connectivity index (χ2v) is 5.27. The predicted molar refractivity (Wildman–Crippen MR) is 83.2 cm³/mol. The van der Waals surface area contributed by atoms with Crippen molar-refractivity contribution in [2.45, 2.75) is 45.6 Å². The number of ether oxygens (including phenoxy) is 2. The van der Waals surface area contributed by atoms with E-state index in [2.05, 4.69) is 29.5 Å². The predicted octanol–water partition coefficient (Wildman–Crippen LogP) is 1.78. The quantitative estimate of drug-likeness (QED) is 0.385. The lowest BCUT2D eigenvalue weighted by molar-refractivity contribution is 0.0191. The van der Waals surface area contributed by atoms with E-state index < -0.39 is 0 Å². The van der Waals surface area contributed by atoms with Gasteiger partial charge in [-0.25, -0.2) is 0 Å². The van der Waals surface area contributed by atoms with Crippen LogP contribution in [0.25, 0.3) is 0 Å². The van der Waals surface area contributed by atoms with Gasteiger partial charge in [0.2, 0.25) is 0 Å². The Morgan fingerprint density at radius 3 is 2.75 bits per heavy atom. The Morgan fingerprint density at radius 1 is 1.35 bits per heavy atom. The third-order valence-electron chi connectivity index (χ3n) is 3.80. The summed E-state index contributed by atoms with van der Waals surface area (Å²) in [6, 6.07) is 0. The second-order valence-electron chi connectivity index (χ2n) is 5.27. The number of nitrogens with zero attached hydrogens (tertiary/aromatic N) is 1. The fourth-order valence-corrected chi connectivity index (χ4v) is 2.27. The Bertz CT molecular complexity index is 262. The maximum atomic E-state index is 5.61. The molecule has 1 rings (SSSR count). The zero-order chi connectivity index (χ0) is 14.6. The Hall–Kier alpha value is -0.810. The van der Waals surface area contributed by atoms with Crippen molar-refractivity contribution in [1.82, 2.24) is 10.6 Å². The zero-order valence-electron chi connectivity index (χ0n) is 13.3. The monoisotopic (exact) mass is 285 g/mol. The molecule has 0 spiro atoms. The van der Waals surface area contributed by atoms with Crippen LogP contribution < -0.4 is 10.6 Å². The van der Waals surface area contributed by atoms with Crippen LogP contribution in [0, 0.1) is 5.92 Å². The topological polar surface area (TPSA) is 54.9 Å². The van der Waals surface area contributed by atoms with Crippen LogP contribution >= 0.6 is 0 Å². The van der Waals surface area contributed by atoms with Crippen molar-refractivity contribution in [3.05, 3.63) is 0 Å². The molecule has 5 heteroatoms. The molecule has 2 N–H and O–H groups in total. The molecule has 0 amide bonds. The largest absolute Gasteiger partial charge is 0.377 e. The standard InChI is InChI=1S/C15H31N3O2/c1-4-13(5-2)11-18-15(16-3)17-8-10-19-12-14-7-6-9-20-14/h13-14H,4-12H2,1-3H3,(H2,16,17,18). The van der Waals surface area contributed by atoms with Crippen LogP contribution in [0.3, 0.4) is 0 Å². The number of hydrogen-bond acceptors (Lipinski definition) is 3. The van der Waals surface area contributed by atoms with Gasteiger partial charge < -0.3 is 20.1 Å². The van der Waals surface area contributed by atoms with Gasteiger partial charge in [-0.15, -0.1) is 0 Å². The van der Waals surface area contributed by atoms with E-state index in [4.69, 9.17) is 9.47 Å². The van der Waals surface area contributed by atoms with E-state index in [0.717, 1.165) is 32.1 Å². The van der Waals surface area contributed by atoms with Gasteiger partial charge in [0.1, 0.15) is 0 Å². The van der Waals surface area contributed by atoms with Gasteiger partial charge >= 0.3 is 0 Å². The minimum atomic E-state index is 0.308. The summed E-state index contributed by atoms with van der Waals surface area (Å²) in [6.45, 7) is 8.49. The van der Waals surface area contributed by atoms with Crippen LogP contribution in [0.4, 0.5) is 0 Å². The molecule has 1 aliphatic heterocycles. The SMILES string of the molecule is CCC(CC)CNC(=NC)NCCOCC1CCCO1. The van der Waals surface area contributed by atoms with Crippen molar-refractivity contribution in [3.63, 3.8) is 0 Å². The number of hydrogen-bond donors (Lipinski definition) is 2. The first-order valence-corrected chi connectivity index (χ1v) is 7.94. The van der Waals surface area contributed by atoms with E-state index in [1.165, 1.54) is 19.3 Å². The van der Waals surface area contributed by atoms with Crippen molar-refractivity contribution >= 4 is 5.96 Å². The number of nitrogens with one attached hydrogen (secondary N) is 2. The van der Waals surface area contributed by atoms with Gasteiger partial charge in [-0.05, 0) is 18.8 Å². The Balaban J connectivity index is 2.02. The van der Waals surface area contributed by atoms with Crippen molar-refractivity contribution in [2.75, 3.05) is 40.0 Å². The highest BCUT2D eigenvalue weighted by Gasteiger charge is 2.14. The van der Waals surface area contributed by atoms with E-state index >= 15 is 0 Å². The van der Waals surface area contributed by atoms with E-state index in [0.29, 0.717) is 25.2 Å². The van der Waals surface area contributed by atoms with E-state index in [1.54, 1.807) is 7.05 Å². The fourth-order valence-electron chi connectivity index (χ4n) is 2.27. The molecule has 1 fully saturated rings. The molecule has 0 aromatic heterocycles. The maximum absolute atomic E-state index is 5.61. The first-order chi connectivity index (χ1) is 9.80. The normalized spacial score (nSPS) is 19.6. The fraction of sp³-hybridized carbons (Fsp3) is 0.933. The summed E-state index contributed by atoms with van der Waals surface area (Å²) in [5.41, 5.74) is 0. The first kappa shape index (κ1) is 17.2. The molecule has 0 aromatic rings. The average Bonchev–Trinajstić information content (AvgIpc) is 2.99. The summed E-state index contributed by atoms with van der Waals surface area (Å²) < 4.78 is 11.1. The molecule has 0 aromatic carbocycles. The van der Waals surface area contributed by atoms with Gasteiger partial charge in [0, 0.05) is 26.7 Å². The molecule has 1 unspecified atom stereocenters. The van der Waals surface area contributed by atoms with E-state index in [-0.39, 0.29) is 0 Å². The number of aliphatic imine (C=N–C) groups is 1. The third kappa shape index (κ3) is 7.10. The van der Waals surface area contributed by atoms with Gasteiger partial charge in [-0.3, -0.25) is 4.99 Å². The highest BCUT2D eigenvalue weighted by Crippen LogP contribution is 2.11. The summed E-state index contributed by atoms with van der Waals surface area (Å²) in [5, 5.41) is 6.63. The third-order valence-corrected chi connectivity index (χ3v) is 3.80. The lowest BCUT2D eigenvalue weighted by Gasteiger charge is -2.17. The first-order valence-electron chi connectivity index (χ1n) is 7.94. The van der Waals surface area contributed by atoms with Crippen molar-refractivity contribution in [1.29, 1.82) is 0 Å². The highest BCUT2D eigenvalue weighted by atomic mass is 16.5. The van der Waals surface area contributed by atoms with Gasteiger partial charge in [0.25, 0.3) is 0 Å². The molecule has 0 bridgehead atoms. The molecular weight excluding hydrogens is 254 g/mol. The van der Waals surface area contributed by atoms with Crippen LogP contribution in [-0.4, -0.2) is 52.0 Å². The van der Waals surface area contributed by atoms with E-state index in [1.807, 2.05) is 0 Å². The zero-order valence-corrected chi connectivity index (χ0v) is 13.3. The Kier molecular flexibility index (Phi) is 9.41. The minimum absolute atomic E-state index is 0.308. The van der Waals surface area contributed by atoms with Gasteiger partial charge in [0.05, 0.1) is 19.3 Å². The summed E-state index contributed by atoms with van der Waals surface area (Å²) in [6.07, 6.45) is 5.00. The molecule has 0 radical (unpaired) electrons. The van der Waals surface area contributed by atoms with Gasteiger partial charge in [0.15, 0.2) is 5.96 Å². The number of rotatable bonds is 9. The molecule has 0 saturated carbocycles.